The van der Waals surface area contributed by atoms with E-state index in [2.05, 4.69) is 48.5 Å². The molecule has 1 aliphatic carbocycles. The van der Waals surface area contributed by atoms with Gasteiger partial charge in [0.2, 0.25) is 0 Å². The third-order valence-electron chi connectivity index (χ3n) is 4.49. The summed E-state index contributed by atoms with van der Waals surface area (Å²) in [5, 5.41) is 8.03. The van der Waals surface area contributed by atoms with E-state index in [1.165, 1.54) is 24.9 Å². The van der Waals surface area contributed by atoms with Gasteiger partial charge in [-0.1, -0.05) is 26.3 Å². The van der Waals surface area contributed by atoms with Crippen LogP contribution in [0.25, 0.3) is 5.69 Å². The van der Waals surface area contributed by atoms with Gasteiger partial charge in [-0.2, -0.15) is 5.10 Å². The van der Waals surface area contributed by atoms with Crippen LogP contribution in [0.2, 0.25) is 0 Å². The standard InChI is InChI=1S/C17H23N3/c1-13-6-3-7-14(2)17(13)19-15-8-4-9-16(12-15)20-11-5-10-18-20/h4-5,8-14,17,19H,3,6-7H2,1-2H3. The Morgan fingerprint density at radius 3 is 2.65 bits per heavy atom. The van der Waals surface area contributed by atoms with Gasteiger partial charge in [-0.15, -0.1) is 0 Å². The summed E-state index contributed by atoms with van der Waals surface area (Å²) in [5.41, 5.74) is 2.31. The van der Waals surface area contributed by atoms with E-state index in [1.54, 1.807) is 0 Å². The molecule has 3 heteroatoms. The predicted molar refractivity (Wildman–Crippen MR) is 83.2 cm³/mol. The van der Waals surface area contributed by atoms with E-state index in [1.807, 2.05) is 23.1 Å². The number of hydrogen-bond donors (Lipinski definition) is 1. The molecule has 0 radical (unpaired) electrons. The maximum Gasteiger partial charge on any atom is 0.0666 e. The molecule has 1 N–H and O–H groups in total. The Labute approximate surface area is 121 Å². The predicted octanol–water partition coefficient (Wildman–Crippen LogP) is 4.11. The van der Waals surface area contributed by atoms with Crippen LogP contribution < -0.4 is 5.32 Å². The molecule has 20 heavy (non-hydrogen) atoms. The second-order valence-corrected chi connectivity index (χ2v) is 6.06. The molecule has 1 heterocycles. The first-order chi connectivity index (χ1) is 9.74. The third-order valence-corrected chi connectivity index (χ3v) is 4.49. The van der Waals surface area contributed by atoms with Crippen LogP contribution in [0, 0.1) is 11.8 Å². The summed E-state index contributed by atoms with van der Waals surface area (Å²) in [6, 6.07) is 11.0. The lowest BCUT2D eigenvalue weighted by atomic mass is 9.78. The van der Waals surface area contributed by atoms with Gasteiger partial charge in [0.25, 0.3) is 0 Å². The van der Waals surface area contributed by atoms with E-state index in [9.17, 15) is 0 Å². The summed E-state index contributed by atoms with van der Waals surface area (Å²) in [5.74, 6) is 1.49. The van der Waals surface area contributed by atoms with Crippen molar-refractivity contribution in [1.29, 1.82) is 0 Å². The van der Waals surface area contributed by atoms with E-state index in [4.69, 9.17) is 0 Å². The van der Waals surface area contributed by atoms with Crippen LogP contribution >= 0.6 is 0 Å². The summed E-state index contributed by atoms with van der Waals surface area (Å²) in [4.78, 5) is 0. The molecule has 0 spiro atoms. The SMILES string of the molecule is CC1CCCC(C)C1Nc1cccc(-n2cccn2)c1. The highest BCUT2D eigenvalue weighted by Crippen LogP contribution is 2.31. The first-order valence-electron chi connectivity index (χ1n) is 7.60. The lowest BCUT2D eigenvalue weighted by molar-refractivity contribution is 0.268. The second kappa shape index (κ2) is 5.70. The van der Waals surface area contributed by atoms with E-state index in [0.29, 0.717) is 6.04 Å². The average Bonchev–Trinajstić information content (AvgIpc) is 2.98. The van der Waals surface area contributed by atoms with Crippen LogP contribution in [0.5, 0.6) is 0 Å². The molecule has 0 amide bonds. The Kier molecular flexibility index (Phi) is 3.77. The summed E-state index contributed by atoms with van der Waals surface area (Å²) >= 11 is 0. The normalized spacial score (nSPS) is 26.4. The molecule has 1 aromatic heterocycles. The summed E-state index contributed by atoms with van der Waals surface area (Å²) < 4.78 is 1.90. The summed E-state index contributed by atoms with van der Waals surface area (Å²) in [6.07, 6.45) is 7.83. The molecule has 106 valence electrons. The van der Waals surface area contributed by atoms with E-state index < -0.39 is 0 Å². The average molecular weight is 269 g/mol. The number of anilines is 1. The molecule has 3 rings (SSSR count). The molecular weight excluding hydrogens is 246 g/mol. The number of rotatable bonds is 3. The van der Waals surface area contributed by atoms with Gasteiger partial charge in [0.15, 0.2) is 0 Å². The molecule has 3 nitrogen and oxygen atoms in total. The molecular formula is C17H23N3. The van der Waals surface area contributed by atoms with E-state index >= 15 is 0 Å². The van der Waals surface area contributed by atoms with Crippen LogP contribution in [0.1, 0.15) is 33.1 Å². The highest BCUT2D eigenvalue weighted by Gasteiger charge is 2.27. The van der Waals surface area contributed by atoms with Gasteiger partial charge in [-0.25, -0.2) is 4.68 Å². The van der Waals surface area contributed by atoms with Crippen molar-refractivity contribution in [2.24, 2.45) is 11.8 Å². The van der Waals surface area contributed by atoms with Crippen molar-refractivity contribution >= 4 is 5.69 Å². The fourth-order valence-corrected chi connectivity index (χ4v) is 3.32. The summed E-state index contributed by atoms with van der Waals surface area (Å²) in [7, 11) is 0. The van der Waals surface area contributed by atoms with Gasteiger partial charge in [0.1, 0.15) is 0 Å². The minimum Gasteiger partial charge on any atom is -0.382 e. The van der Waals surface area contributed by atoms with Crippen LogP contribution in [0.4, 0.5) is 5.69 Å². The molecule has 2 unspecified atom stereocenters. The second-order valence-electron chi connectivity index (χ2n) is 6.06. The van der Waals surface area contributed by atoms with Crippen LogP contribution in [-0.2, 0) is 0 Å². The van der Waals surface area contributed by atoms with Crippen LogP contribution in [0.3, 0.4) is 0 Å². The highest BCUT2D eigenvalue weighted by atomic mass is 15.3. The molecule has 2 aromatic rings. The summed E-state index contributed by atoms with van der Waals surface area (Å²) in [6.45, 7) is 4.73. The van der Waals surface area contributed by atoms with Crippen molar-refractivity contribution in [3.8, 4) is 5.69 Å². The van der Waals surface area contributed by atoms with Crippen LogP contribution in [0.15, 0.2) is 42.7 Å². The largest absolute Gasteiger partial charge is 0.382 e. The van der Waals surface area contributed by atoms with Crippen molar-refractivity contribution < 1.29 is 0 Å². The molecule has 0 bridgehead atoms. The Balaban J connectivity index is 1.79. The third kappa shape index (κ3) is 2.72. The van der Waals surface area contributed by atoms with Crippen molar-refractivity contribution in [3.05, 3.63) is 42.7 Å². The van der Waals surface area contributed by atoms with Crippen molar-refractivity contribution in [1.82, 2.24) is 9.78 Å². The van der Waals surface area contributed by atoms with Gasteiger partial charge < -0.3 is 5.32 Å². The highest BCUT2D eigenvalue weighted by molar-refractivity contribution is 5.51. The number of nitrogens with one attached hydrogen (secondary N) is 1. The number of nitrogens with zero attached hydrogens (tertiary/aromatic N) is 2. The van der Waals surface area contributed by atoms with E-state index in [0.717, 1.165) is 17.5 Å². The number of benzene rings is 1. The molecule has 0 saturated heterocycles. The number of hydrogen-bond acceptors (Lipinski definition) is 2. The number of aromatic nitrogens is 2. The fraction of sp³-hybridized carbons (Fsp3) is 0.471. The minimum atomic E-state index is 0.580. The van der Waals surface area contributed by atoms with Crippen molar-refractivity contribution in [2.45, 2.75) is 39.2 Å². The lowest BCUT2D eigenvalue weighted by Crippen LogP contribution is -2.37. The fourth-order valence-electron chi connectivity index (χ4n) is 3.32. The van der Waals surface area contributed by atoms with E-state index in [-0.39, 0.29) is 0 Å². The van der Waals surface area contributed by atoms with Gasteiger partial charge in [-0.3, -0.25) is 0 Å². The zero-order chi connectivity index (χ0) is 13.9. The molecule has 1 aliphatic rings. The minimum absolute atomic E-state index is 0.580. The Bertz CT molecular complexity index is 537. The van der Waals surface area contributed by atoms with Crippen LogP contribution in [-0.4, -0.2) is 15.8 Å². The smallest absolute Gasteiger partial charge is 0.0666 e. The Morgan fingerprint density at radius 1 is 1.15 bits per heavy atom. The van der Waals surface area contributed by atoms with Gasteiger partial charge >= 0.3 is 0 Å². The quantitative estimate of drug-likeness (QED) is 0.908. The zero-order valence-corrected chi connectivity index (χ0v) is 12.3. The topological polar surface area (TPSA) is 29.9 Å². The van der Waals surface area contributed by atoms with Crippen molar-refractivity contribution in [3.63, 3.8) is 0 Å². The molecule has 1 aromatic carbocycles. The Hall–Kier alpha value is -1.77. The molecule has 2 atom stereocenters. The van der Waals surface area contributed by atoms with Gasteiger partial charge in [0, 0.05) is 24.1 Å². The van der Waals surface area contributed by atoms with Gasteiger partial charge in [-0.05, 0) is 48.9 Å². The maximum atomic E-state index is 4.29. The maximum absolute atomic E-state index is 4.29. The Morgan fingerprint density at radius 2 is 1.95 bits per heavy atom. The molecule has 0 aliphatic heterocycles. The van der Waals surface area contributed by atoms with Crippen molar-refractivity contribution in [2.75, 3.05) is 5.32 Å². The zero-order valence-electron chi connectivity index (χ0n) is 12.3. The first-order valence-corrected chi connectivity index (χ1v) is 7.60. The molecule has 1 fully saturated rings. The van der Waals surface area contributed by atoms with Gasteiger partial charge in [0.05, 0.1) is 5.69 Å². The molecule has 1 saturated carbocycles. The lowest BCUT2D eigenvalue weighted by Gasteiger charge is -2.36. The monoisotopic (exact) mass is 269 g/mol. The first kappa shape index (κ1) is 13.2.